The van der Waals surface area contributed by atoms with Crippen molar-refractivity contribution in [3.05, 3.63) is 29.8 Å². The van der Waals surface area contributed by atoms with Crippen molar-refractivity contribution in [1.29, 1.82) is 0 Å². The Morgan fingerprint density at radius 3 is 2.29 bits per heavy atom. The van der Waals surface area contributed by atoms with Crippen molar-refractivity contribution in [2.75, 3.05) is 6.61 Å². The molecule has 0 spiro atoms. The molecule has 116 valence electrons. The summed E-state index contributed by atoms with van der Waals surface area (Å²) in [7, 11) is 0. The number of hydrogen-bond acceptors (Lipinski definition) is 8. The highest BCUT2D eigenvalue weighted by atomic mass is 16.6. The number of carbonyl (C=O) groups is 1. The second-order valence-electron chi connectivity index (χ2n) is 4.68. The van der Waals surface area contributed by atoms with E-state index >= 15 is 0 Å². The van der Waals surface area contributed by atoms with Gasteiger partial charge in [0, 0.05) is 0 Å². The van der Waals surface area contributed by atoms with Gasteiger partial charge in [0.15, 0.2) is 6.29 Å². The number of hydrogen-bond donors (Lipinski definition) is 5. The number of aliphatic hydroxyl groups excluding tert-OH is 4. The summed E-state index contributed by atoms with van der Waals surface area (Å²) < 4.78 is 9.77. The normalized spacial score (nSPS) is 32.7. The predicted octanol–water partition coefficient (Wildman–Crippen LogP) is -1.65. The summed E-state index contributed by atoms with van der Waals surface area (Å²) in [5, 5.41) is 46.9. The number of carbonyl (C=O) groups excluding carboxylic acids is 1. The van der Waals surface area contributed by atoms with Crippen molar-refractivity contribution < 1.29 is 39.8 Å². The summed E-state index contributed by atoms with van der Waals surface area (Å²) in [5.74, 6) is -0.723. The molecule has 0 radical (unpaired) electrons. The van der Waals surface area contributed by atoms with Gasteiger partial charge in [-0.1, -0.05) is 0 Å². The van der Waals surface area contributed by atoms with Crippen LogP contribution in [0.1, 0.15) is 10.4 Å². The Morgan fingerprint density at radius 1 is 1.05 bits per heavy atom. The lowest BCUT2D eigenvalue weighted by Gasteiger charge is -2.37. The third-order valence-corrected chi connectivity index (χ3v) is 3.17. The molecule has 1 aromatic rings. The van der Waals surface area contributed by atoms with Crippen LogP contribution < -0.4 is 0 Å². The predicted molar refractivity (Wildman–Crippen MR) is 67.3 cm³/mol. The molecule has 0 aliphatic carbocycles. The molecule has 1 aliphatic rings. The maximum atomic E-state index is 11.7. The van der Waals surface area contributed by atoms with Crippen LogP contribution in [-0.2, 0) is 9.47 Å². The van der Waals surface area contributed by atoms with Crippen LogP contribution in [0.15, 0.2) is 24.3 Å². The SMILES string of the molecule is O=C(OC[C@H]1O[C@H](O)[C@H](O)[C@@H](O)[C@@H]1O)c1ccc(O)cc1. The Hall–Kier alpha value is -1.71. The number of ether oxygens (including phenoxy) is 2. The van der Waals surface area contributed by atoms with Crippen molar-refractivity contribution in [2.24, 2.45) is 0 Å². The Bertz CT molecular complexity index is 487. The van der Waals surface area contributed by atoms with Crippen molar-refractivity contribution in [3.8, 4) is 5.75 Å². The van der Waals surface area contributed by atoms with Crippen molar-refractivity contribution in [1.82, 2.24) is 0 Å². The third-order valence-electron chi connectivity index (χ3n) is 3.17. The molecule has 1 aromatic carbocycles. The van der Waals surface area contributed by atoms with Gasteiger partial charge in [-0.05, 0) is 24.3 Å². The Morgan fingerprint density at radius 2 is 1.67 bits per heavy atom. The van der Waals surface area contributed by atoms with Crippen LogP contribution in [-0.4, -0.2) is 68.8 Å². The first-order valence-corrected chi connectivity index (χ1v) is 6.24. The average molecular weight is 300 g/mol. The van der Waals surface area contributed by atoms with Crippen molar-refractivity contribution in [2.45, 2.75) is 30.7 Å². The van der Waals surface area contributed by atoms with Gasteiger partial charge < -0.3 is 35.0 Å². The highest BCUT2D eigenvalue weighted by molar-refractivity contribution is 5.89. The first-order valence-electron chi connectivity index (χ1n) is 6.24. The monoisotopic (exact) mass is 300 g/mol. The molecule has 1 saturated heterocycles. The number of esters is 1. The molecule has 8 heteroatoms. The molecule has 0 amide bonds. The fourth-order valence-corrected chi connectivity index (χ4v) is 1.91. The lowest BCUT2D eigenvalue weighted by Crippen LogP contribution is -2.58. The number of aliphatic hydroxyl groups is 4. The van der Waals surface area contributed by atoms with Crippen LogP contribution in [0.3, 0.4) is 0 Å². The van der Waals surface area contributed by atoms with Gasteiger partial charge in [-0.3, -0.25) is 0 Å². The van der Waals surface area contributed by atoms with Crippen molar-refractivity contribution in [3.63, 3.8) is 0 Å². The largest absolute Gasteiger partial charge is 0.508 e. The summed E-state index contributed by atoms with van der Waals surface area (Å²) in [6, 6.07) is 5.32. The highest BCUT2D eigenvalue weighted by Crippen LogP contribution is 2.20. The van der Waals surface area contributed by atoms with E-state index in [2.05, 4.69) is 0 Å². The van der Waals surface area contributed by atoms with Crippen molar-refractivity contribution >= 4 is 5.97 Å². The molecule has 0 unspecified atom stereocenters. The van der Waals surface area contributed by atoms with E-state index in [0.717, 1.165) is 0 Å². The first-order chi connectivity index (χ1) is 9.90. The van der Waals surface area contributed by atoms with E-state index in [-0.39, 0.29) is 11.3 Å². The van der Waals surface area contributed by atoms with Gasteiger partial charge in [0.25, 0.3) is 0 Å². The van der Waals surface area contributed by atoms with Gasteiger partial charge in [-0.2, -0.15) is 0 Å². The molecule has 5 N–H and O–H groups in total. The first kappa shape index (κ1) is 15.7. The van der Waals surface area contributed by atoms with Gasteiger partial charge in [0.05, 0.1) is 5.56 Å². The van der Waals surface area contributed by atoms with E-state index in [9.17, 15) is 25.2 Å². The van der Waals surface area contributed by atoms with E-state index < -0.39 is 43.3 Å². The maximum Gasteiger partial charge on any atom is 0.338 e. The fraction of sp³-hybridized carbons (Fsp3) is 0.462. The van der Waals surface area contributed by atoms with Gasteiger partial charge in [0.1, 0.15) is 36.8 Å². The van der Waals surface area contributed by atoms with Gasteiger partial charge >= 0.3 is 5.97 Å². The van der Waals surface area contributed by atoms with Crippen LogP contribution in [0.4, 0.5) is 0 Å². The highest BCUT2D eigenvalue weighted by Gasteiger charge is 2.43. The minimum atomic E-state index is -1.68. The number of rotatable bonds is 3. The maximum absolute atomic E-state index is 11.7. The fourth-order valence-electron chi connectivity index (χ4n) is 1.91. The molecule has 1 fully saturated rings. The number of benzene rings is 1. The number of aromatic hydroxyl groups is 1. The minimum absolute atomic E-state index is 0.00202. The standard InChI is InChI=1S/C13H16O8/c14-7-3-1-6(2-4-7)12(18)20-5-8-9(15)10(16)11(17)13(19)21-8/h1-4,8-11,13-17,19H,5H2/t8-,9-,10+,11-,13+/m1/s1. The third kappa shape index (κ3) is 3.49. The summed E-state index contributed by atoms with van der Waals surface area (Å²) >= 11 is 0. The quantitative estimate of drug-likeness (QED) is 0.419. The van der Waals surface area contributed by atoms with E-state index in [1.54, 1.807) is 0 Å². The molecular formula is C13H16O8. The van der Waals surface area contributed by atoms with E-state index in [0.29, 0.717) is 0 Å². The molecule has 1 heterocycles. The molecule has 1 aliphatic heterocycles. The zero-order chi connectivity index (χ0) is 15.6. The summed E-state index contributed by atoms with van der Waals surface area (Å²) in [5.41, 5.74) is 0.180. The van der Waals surface area contributed by atoms with Gasteiger partial charge in [-0.25, -0.2) is 4.79 Å². The van der Waals surface area contributed by atoms with Crippen LogP contribution in [0.5, 0.6) is 5.75 Å². The lowest BCUT2D eigenvalue weighted by molar-refractivity contribution is -0.286. The van der Waals surface area contributed by atoms with Crippen LogP contribution >= 0.6 is 0 Å². The second kappa shape index (κ2) is 6.37. The molecule has 5 atom stereocenters. The summed E-state index contributed by atoms with van der Waals surface area (Å²) in [4.78, 5) is 11.7. The Kier molecular flexibility index (Phi) is 4.76. The summed E-state index contributed by atoms with van der Waals surface area (Å²) in [6.45, 7) is -0.415. The van der Waals surface area contributed by atoms with E-state index in [1.807, 2.05) is 0 Å². The average Bonchev–Trinajstić information content (AvgIpc) is 2.48. The van der Waals surface area contributed by atoms with Crippen LogP contribution in [0, 0.1) is 0 Å². The topological polar surface area (TPSA) is 137 Å². The molecule has 0 bridgehead atoms. The zero-order valence-electron chi connectivity index (χ0n) is 10.9. The van der Waals surface area contributed by atoms with Gasteiger partial charge in [-0.15, -0.1) is 0 Å². The number of phenols is 1. The Balaban J connectivity index is 1.93. The molecule has 21 heavy (non-hydrogen) atoms. The second-order valence-corrected chi connectivity index (χ2v) is 4.68. The summed E-state index contributed by atoms with van der Waals surface area (Å²) in [6.07, 6.45) is -7.59. The van der Waals surface area contributed by atoms with Crippen LogP contribution in [0.25, 0.3) is 0 Å². The van der Waals surface area contributed by atoms with Crippen LogP contribution in [0.2, 0.25) is 0 Å². The minimum Gasteiger partial charge on any atom is -0.508 e. The molecular weight excluding hydrogens is 284 g/mol. The molecule has 2 rings (SSSR count). The zero-order valence-corrected chi connectivity index (χ0v) is 10.9. The van der Waals surface area contributed by atoms with Gasteiger partial charge in [0.2, 0.25) is 0 Å². The molecule has 0 saturated carbocycles. The van der Waals surface area contributed by atoms with E-state index in [4.69, 9.17) is 14.6 Å². The smallest absolute Gasteiger partial charge is 0.338 e. The number of phenolic OH excluding ortho intramolecular Hbond substituents is 1. The Labute approximate surface area is 119 Å². The van der Waals surface area contributed by atoms with E-state index in [1.165, 1.54) is 24.3 Å². The lowest BCUT2D eigenvalue weighted by atomic mass is 9.99. The molecule has 0 aromatic heterocycles. The molecule has 8 nitrogen and oxygen atoms in total.